The lowest BCUT2D eigenvalue weighted by Gasteiger charge is -2.07. The minimum Gasteiger partial charge on any atom is -0.312 e. The van der Waals surface area contributed by atoms with Crippen molar-refractivity contribution in [3.63, 3.8) is 0 Å². The third kappa shape index (κ3) is 4.70. The second-order valence-corrected chi connectivity index (χ2v) is 5.57. The molecule has 0 bridgehead atoms. The maximum atomic E-state index is 6.12. The molecule has 2 rings (SSSR count). The Morgan fingerprint density at radius 3 is 2.21 bits per heavy atom. The average Bonchev–Trinajstić information content (AvgIpc) is 2.39. The maximum Gasteiger partial charge on any atom is 0.0453 e. The van der Waals surface area contributed by atoms with Crippen LogP contribution in [-0.2, 0) is 13.0 Å². The van der Waals surface area contributed by atoms with Crippen molar-refractivity contribution in [1.29, 1.82) is 0 Å². The van der Waals surface area contributed by atoms with Gasteiger partial charge >= 0.3 is 0 Å². The van der Waals surface area contributed by atoms with Gasteiger partial charge in [-0.15, -0.1) is 0 Å². The highest BCUT2D eigenvalue weighted by atomic mass is 35.5. The summed E-state index contributed by atoms with van der Waals surface area (Å²) >= 11 is 17.8. The first-order chi connectivity index (χ1) is 9.15. The number of rotatable bonds is 5. The molecule has 2 aromatic carbocycles. The molecule has 0 spiro atoms. The summed E-state index contributed by atoms with van der Waals surface area (Å²) in [4.78, 5) is 0. The van der Waals surface area contributed by atoms with Gasteiger partial charge in [0.1, 0.15) is 0 Å². The van der Waals surface area contributed by atoms with Crippen LogP contribution in [0.25, 0.3) is 0 Å². The fourth-order valence-corrected chi connectivity index (χ4v) is 2.41. The van der Waals surface area contributed by atoms with E-state index in [4.69, 9.17) is 34.8 Å². The first-order valence-electron chi connectivity index (χ1n) is 6.04. The summed E-state index contributed by atoms with van der Waals surface area (Å²) in [5.41, 5.74) is 2.32. The van der Waals surface area contributed by atoms with Gasteiger partial charge in [0.25, 0.3) is 0 Å². The van der Waals surface area contributed by atoms with Crippen LogP contribution >= 0.6 is 34.8 Å². The van der Waals surface area contributed by atoms with Crippen molar-refractivity contribution in [3.8, 4) is 0 Å². The third-order valence-electron chi connectivity index (χ3n) is 2.83. The molecule has 0 amide bonds. The normalized spacial score (nSPS) is 10.7. The monoisotopic (exact) mass is 313 g/mol. The van der Waals surface area contributed by atoms with Gasteiger partial charge in [-0.05, 0) is 48.4 Å². The first kappa shape index (κ1) is 14.7. The highest BCUT2D eigenvalue weighted by Crippen LogP contribution is 2.21. The fourth-order valence-electron chi connectivity index (χ4n) is 1.78. The zero-order chi connectivity index (χ0) is 13.7. The van der Waals surface area contributed by atoms with E-state index in [1.807, 2.05) is 36.4 Å². The zero-order valence-electron chi connectivity index (χ0n) is 10.3. The van der Waals surface area contributed by atoms with Crippen LogP contribution in [0.1, 0.15) is 11.1 Å². The molecule has 0 aliphatic heterocycles. The van der Waals surface area contributed by atoms with Crippen molar-refractivity contribution in [2.45, 2.75) is 13.0 Å². The van der Waals surface area contributed by atoms with Gasteiger partial charge in [0.15, 0.2) is 0 Å². The molecule has 0 aliphatic rings. The van der Waals surface area contributed by atoms with Crippen molar-refractivity contribution >= 4 is 34.8 Å². The molecule has 0 saturated heterocycles. The molecular formula is C15H14Cl3N. The Balaban J connectivity index is 1.79. The predicted octanol–water partition coefficient (Wildman–Crippen LogP) is 4.98. The van der Waals surface area contributed by atoms with E-state index in [1.54, 1.807) is 6.07 Å². The van der Waals surface area contributed by atoms with Crippen LogP contribution in [0.15, 0.2) is 42.5 Å². The van der Waals surface area contributed by atoms with E-state index in [-0.39, 0.29) is 0 Å². The lowest BCUT2D eigenvalue weighted by molar-refractivity contribution is 0.687. The highest BCUT2D eigenvalue weighted by molar-refractivity contribution is 6.35. The third-order valence-corrected chi connectivity index (χ3v) is 3.67. The highest BCUT2D eigenvalue weighted by Gasteiger charge is 2.01. The minimum absolute atomic E-state index is 0.669. The summed E-state index contributed by atoms with van der Waals surface area (Å²) in [5, 5.41) is 5.53. The number of hydrogen-bond acceptors (Lipinski definition) is 1. The zero-order valence-corrected chi connectivity index (χ0v) is 12.6. The Morgan fingerprint density at radius 1 is 0.842 bits per heavy atom. The summed E-state index contributed by atoms with van der Waals surface area (Å²) in [7, 11) is 0. The molecule has 1 N–H and O–H groups in total. The Labute approximate surface area is 128 Å². The largest absolute Gasteiger partial charge is 0.312 e. The van der Waals surface area contributed by atoms with Gasteiger partial charge in [-0.2, -0.15) is 0 Å². The van der Waals surface area contributed by atoms with Crippen molar-refractivity contribution in [3.05, 3.63) is 68.7 Å². The Morgan fingerprint density at radius 2 is 1.53 bits per heavy atom. The molecule has 0 fully saturated rings. The van der Waals surface area contributed by atoms with Crippen LogP contribution in [0.3, 0.4) is 0 Å². The lowest BCUT2D eigenvalue weighted by Crippen LogP contribution is -2.16. The lowest BCUT2D eigenvalue weighted by atomic mass is 10.1. The smallest absolute Gasteiger partial charge is 0.0453 e. The molecule has 4 heteroatoms. The molecule has 1 nitrogen and oxygen atoms in total. The summed E-state index contributed by atoms with van der Waals surface area (Å²) in [6, 6.07) is 13.4. The number of hydrogen-bond donors (Lipinski definition) is 1. The number of halogens is 3. The molecule has 0 atom stereocenters. The SMILES string of the molecule is Clc1ccc(CNCCc2ccc(Cl)cc2Cl)cc1. The van der Waals surface area contributed by atoms with Crippen LogP contribution in [0.2, 0.25) is 15.1 Å². The van der Waals surface area contributed by atoms with Gasteiger partial charge in [0.05, 0.1) is 0 Å². The topological polar surface area (TPSA) is 12.0 Å². The van der Waals surface area contributed by atoms with Crippen LogP contribution in [0.4, 0.5) is 0 Å². The molecule has 0 aliphatic carbocycles. The van der Waals surface area contributed by atoms with Gasteiger partial charge < -0.3 is 5.32 Å². The van der Waals surface area contributed by atoms with E-state index in [1.165, 1.54) is 5.56 Å². The second-order valence-electron chi connectivity index (χ2n) is 4.29. The molecule has 0 unspecified atom stereocenters. The predicted molar refractivity (Wildman–Crippen MR) is 83.3 cm³/mol. The van der Waals surface area contributed by atoms with E-state index in [9.17, 15) is 0 Å². The minimum atomic E-state index is 0.669. The van der Waals surface area contributed by atoms with E-state index < -0.39 is 0 Å². The van der Waals surface area contributed by atoms with Gasteiger partial charge in [-0.1, -0.05) is 53.0 Å². The van der Waals surface area contributed by atoms with Crippen molar-refractivity contribution in [2.24, 2.45) is 0 Å². The molecule has 0 saturated carbocycles. The molecule has 0 aromatic heterocycles. The summed E-state index contributed by atoms with van der Waals surface area (Å²) < 4.78 is 0. The Bertz CT molecular complexity index is 538. The van der Waals surface area contributed by atoms with E-state index >= 15 is 0 Å². The first-order valence-corrected chi connectivity index (χ1v) is 7.17. The van der Waals surface area contributed by atoms with E-state index in [0.717, 1.165) is 35.1 Å². The number of benzene rings is 2. The molecule has 0 radical (unpaired) electrons. The van der Waals surface area contributed by atoms with E-state index in [2.05, 4.69) is 5.32 Å². The molecule has 19 heavy (non-hydrogen) atoms. The number of nitrogens with one attached hydrogen (secondary N) is 1. The van der Waals surface area contributed by atoms with Gasteiger partial charge in [0, 0.05) is 21.6 Å². The van der Waals surface area contributed by atoms with Gasteiger partial charge in [-0.3, -0.25) is 0 Å². The quantitative estimate of drug-likeness (QED) is 0.768. The molecular weight excluding hydrogens is 301 g/mol. The molecule has 0 heterocycles. The summed E-state index contributed by atoms with van der Waals surface area (Å²) in [6.45, 7) is 1.69. The van der Waals surface area contributed by atoms with E-state index in [0.29, 0.717) is 5.02 Å². The summed E-state index contributed by atoms with van der Waals surface area (Å²) in [6.07, 6.45) is 0.879. The van der Waals surface area contributed by atoms with Crippen LogP contribution in [-0.4, -0.2) is 6.54 Å². The Kier molecular flexibility index (Phi) is 5.53. The second kappa shape index (κ2) is 7.16. The van der Waals surface area contributed by atoms with Crippen LogP contribution in [0, 0.1) is 0 Å². The van der Waals surface area contributed by atoms with Crippen molar-refractivity contribution in [2.75, 3.05) is 6.54 Å². The van der Waals surface area contributed by atoms with Gasteiger partial charge in [0.2, 0.25) is 0 Å². The van der Waals surface area contributed by atoms with Crippen molar-refractivity contribution in [1.82, 2.24) is 5.32 Å². The molecule has 100 valence electrons. The Hall–Kier alpha value is -0.730. The fraction of sp³-hybridized carbons (Fsp3) is 0.200. The molecule has 2 aromatic rings. The maximum absolute atomic E-state index is 6.12. The van der Waals surface area contributed by atoms with Gasteiger partial charge in [-0.25, -0.2) is 0 Å². The van der Waals surface area contributed by atoms with Crippen LogP contribution < -0.4 is 5.32 Å². The standard InChI is InChI=1S/C15H14Cl3N/c16-13-4-1-11(2-5-13)10-19-8-7-12-3-6-14(17)9-15(12)18/h1-6,9,19H,7-8,10H2. The summed E-state index contributed by atoms with van der Waals surface area (Å²) in [5.74, 6) is 0. The average molecular weight is 315 g/mol. The van der Waals surface area contributed by atoms with Crippen molar-refractivity contribution < 1.29 is 0 Å². The van der Waals surface area contributed by atoms with Crippen LogP contribution in [0.5, 0.6) is 0 Å².